The van der Waals surface area contributed by atoms with Crippen LogP contribution in [0, 0.1) is 0 Å². The number of urea groups is 1. The summed E-state index contributed by atoms with van der Waals surface area (Å²) in [5, 5.41) is 2.88. The molecule has 2 amide bonds. The molecule has 1 N–H and O–H groups in total. The summed E-state index contributed by atoms with van der Waals surface area (Å²) in [6.45, 7) is 10.3. The second kappa shape index (κ2) is 7.04. The van der Waals surface area contributed by atoms with E-state index in [1.807, 2.05) is 11.8 Å². The maximum Gasteiger partial charge on any atom is 0.317 e. The Labute approximate surface area is 142 Å². The van der Waals surface area contributed by atoms with Gasteiger partial charge in [0.2, 0.25) is 0 Å². The van der Waals surface area contributed by atoms with Crippen molar-refractivity contribution in [3.8, 4) is 0 Å². The first-order chi connectivity index (χ1) is 10.7. The van der Waals surface area contributed by atoms with Gasteiger partial charge in [0, 0.05) is 41.9 Å². The Hall–Kier alpha value is -1.36. The van der Waals surface area contributed by atoms with E-state index in [4.69, 9.17) is 0 Å². The lowest BCUT2D eigenvalue weighted by molar-refractivity contribution is 0.192. The second-order valence-corrected chi connectivity index (χ2v) is 9.20. The van der Waals surface area contributed by atoms with Gasteiger partial charge in [-0.1, -0.05) is 39.0 Å². The summed E-state index contributed by atoms with van der Waals surface area (Å²) in [5.41, 5.74) is 3.99. The van der Waals surface area contributed by atoms with E-state index in [1.165, 1.54) is 16.7 Å². The zero-order valence-corrected chi connectivity index (χ0v) is 15.6. The highest BCUT2D eigenvalue weighted by molar-refractivity contribution is 7.84. The normalized spacial score (nSPS) is 17.3. The number of fused-ring (bicyclic) bond motifs is 1. The van der Waals surface area contributed by atoms with Crippen molar-refractivity contribution >= 4 is 16.8 Å². The summed E-state index contributed by atoms with van der Waals surface area (Å²) in [6, 6.07) is 6.58. The first-order valence-corrected chi connectivity index (χ1v) is 9.78. The number of hydrogen-bond acceptors (Lipinski definition) is 2. The molecule has 1 aromatic carbocycles. The van der Waals surface area contributed by atoms with Gasteiger partial charge < -0.3 is 10.2 Å². The molecule has 0 saturated carbocycles. The minimum atomic E-state index is -0.914. The molecule has 2 rings (SSSR count). The number of hydrogen-bond donors (Lipinski definition) is 1. The maximum atomic E-state index is 12.3. The molecule has 2 atom stereocenters. The number of nitrogens with one attached hydrogen (secondary N) is 1. The van der Waals surface area contributed by atoms with Crippen LogP contribution in [0.2, 0.25) is 0 Å². The number of amides is 2. The average Bonchev–Trinajstić information content (AvgIpc) is 2.50. The third-order valence-corrected chi connectivity index (χ3v) is 5.78. The Morgan fingerprint density at radius 2 is 2.04 bits per heavy atom. The number of benzene rings is 1. The summed E-state index contributed by atoms with van der Waals surface area (Å²) in [7, 11) is -0.914. The van der Waals surface area contributed by atoms with Crippen molar-refractivity contribution in [2.75, 3.05) is 19.3 Å². The monoisotopic (exact) mass is 336 g/mol. The Kier molecular flexibility index (Phi) is 5.50. The molecule has 4 nitrogen and oxygen atoms in total. The topological polar surface area (TPSA) is 49.4 Å². The third kappa shape index (κ3) is 4.56. The van der Waals surface area contributed by atoms with Crippen molar-refractivity contribution in [2.45, 2.75) is 51.3 Å². The van der Waals surface area contributed by atoms with Crippen molar-refractivity contribution in [2.24, 2.45) is 0 Å². The predicted octanol–water partition coefficient (Wildman–Crippen LogP) is 2.82. The molecule has 0 fully saturated rings. The second-order valence-electron chi connectivity index (χ2n) is 7.40. The van der Waals surface area contributed by atoms with Crippen molar-refractivity contribution < 1.29 is 9.00 Å². The van der Waals surface area contributed by atoms with Gasteiger partial charge in [-0.2, -0.15) is 0 Å². The first kappa shape index (κ1) is 18.0. The lowest BCUT2D eigenvalue weighted by Gasteiger charge is -2.31. The minimum Gasteiger partial charge on any atom is -0.337 e. The van der Waals surface area contributed by atoms with Crippen molar-refractivity contribution in [1.82, 2.24) is 10.2 Å². The molecule has 1 aliphatic rings. The molecule has 2 unspecified atom stereocenters. The molecule has 1 aliphatic heterocycles. The van der Waals surface area contributed by atoms with Crippen LogP contribution in [0.5, 0.6) is 0 Å². The van der Waals surface area contributed by atoms with Crippen LogP contribution >= 0.6 is 0 Å². The fourth-order valence-electron chi connectivity index (χ4n) is 2.66. The predicted molar refractivity (Wildman–Crippen MR) is 96.2 cm³/mol. The number of carbonyl (C=O) groups is 1. The number of nitrogens with zero attached hydrogens (tertiary/aromatic N) is 1. The van der Waals surface area contributed by atoms with E-state index in [0.717, 1.165) is 13.0 Å². The van der Waals surface area contributed by atoms with Gasteiger partial charge in [-0.25, -0.2) is 4.79 Å². The quantitative estimate of drug-likeness (QED) is 0.923. The zero-order chi connectivity index (χ0) is 17.2. The highest BCUT2D eigenvalue weighted by Gasteiger charge is 2.23. The molecule has 23 heavy (non-hydrogen) atoms. The lowest BCUT2D eigenvalue weighted by Crippen LogP contribution is -2.45. The molecule has 1 heterocycles. The van der Waals surface area contributed by atoms with E-state index in [1.54, 1.807) is 6.26 Å². The van der Waals surface area contributed by atoms with E-state index in [0.29, 0.717) is 13.1 Å². The maximum absolute atomic E-state index is 12.3. The fourth-order valence-corrected chi connectivity index (χ4v) is 2.98. The van der Waals surface area contributed by atoms with Gasteiger partial charge in [0.05, 0.1) is 0 Å². The van der Waals surface area contributed by atoms with Crippen LogP contribution in [0.25, 0.3) is 0 Å². The first-order valence-electron chi connectivity index (χ1n) is 8.16. The van der Waals surface area contributed by atoms with Crippen molar-refractivity contribution in [3.63, 3.8) is 0 Å². The van der Waals surface area contributed by atoms with E-state index < -0.39 is 10.8 Å². The molecule has 0 saturated heterocycles. The van der Waals surface area contributed by atoms with Crippen LogP contribution in [0.15, 0.2) is 18.2 Å². The van der Waals surface area contributed by atoms with Gasteiger partial charge in [-0.05, 0) is 35.4 Å². The summed E-state index contributed by atoms with van der Waals surface area (Å²) in [4.78, 5) is 14.2. The molecule has 0 aliphatic carbocycles. The molecule has 5 heteroatoms. The van der Waals surface area contributed by atoms with Gasteiger partial charge in [0.15, 0.2) is 0 Å². The van der Waals surface area contributed by atoms with Gasteiger partial charge in [-0.15, -0.1) is 0 Å². The molecule has 128 valence electrons. The van der Waals surface area contributed by atoms with Crippen LogP contribution in [-0.2, 0) is 29.2 Å². The zero-order valence-electron chi connectivity index (χ0n) is 14.8. The Balaban J connectivity index is 2.04. The largest absolute Gasteiger partial charge is 0.337 e. The summed E-state index contributed by atoms with van der Waals surface area (Å²) in [5.74, 6) is 0. The van der Waals surface area contributed by atoms with Crippen LogP contribution in [0.3, 0.4) is 0 Å². The van der Waals surface area contributed by atoms with Crippen LogP contribution < -0.4 is 5.32 Å². The van der Waals surface area contributed by atoms with Gasteiger partial charge >= 0.3 is 6.03 Å². The summed E-state index contributed by atoms with van der Waals surface area (Å²) < 4.78 is 11.4. The van der Waals surface area contributed by atoms with E-state index in [-0.39, 0.29) is 16.7 Å². The van der Waals surface area contributed by atoms with E-state index >= 15 is 0 Å². The molecule has 0 spiro atoms. The molecular formula is C18H28N2O2S. The smallest absolute Gasteiger partial charge is 0.317 e. The summed E-state index contributed by atoms with van der Waals surface area (Å²) >= 11 is 0. The highest BCUT2D eigenvalue weighted by atomic mass is 32.2. The Morgan fingerprint density at radius 1 is 1.35 bits per heavy atom. The Bertz CT molecular complexity index is 608. The molecule has 1 aromatic rings. The highest BCUT2D eigenvalue weighted by Crippen LogP contribution is 2.27. The summed E-state index contributed by atoms with van der Waals surface area (Å²) in [6.07, 6.45) is 2.56. The standard InChI is InChI=1S/C18H28N2O2S/c1-13(23(5)22)11-19-17(21)20-9-8-14-6-7-16(18(2,3)4)10-15(14)12-20/h6-7,10,13H,8-9,11-12H2,1-5H3,(H,19,21). The average molecular weight is 337 g/mol. The van der Waals surface area contributed by atoms with Crippen LogP contribution in [0.4, 0.5) is 4.79 Å². The molecule has 0 radical (unpaired) electrons. The van der Waals surface area contributed by atoms with Crippen LogP contribution in [-0.4, -0.2) is 39.7 Å². The van der Waals surface area contributed by atoms with Gasteiger partial charge in [-0.3, -0.25) is 4.21 Å². The van der Waals surface area contributed by atoms with Crippen molar-refractivity contribution in [1.29, 1.82) is 0 Å². The SMILES string of the molecule is CC(CNC(=O)N1CCc2ccc(C(C)(C)C)cc2C1)S(C)=O. The molecule has 0 bridgehead atoms. The Morgan fingerprint density at radius 3 is 2.65 bits per heavy atom. The number of carbonyl (C=O) groups excluding carboxylic acids is 1. The molecule has 0 aromatic heterocycles. The number of rotatable bonds is 3. The van der Waals surface area contributed by atoms with E-state index in [9.17, 15) is 9.00 Å². The molecular weight excluding hydrogens is 308 g/mol. The van der Waals surface area contributed by atoms with Crippen molar-refractivity contribution in [3.05, 3.63) is 34.9 Å². The van der Waals surface area contributed by atoms with Gasteiger partial charge in [0.1, 0.15) is 0 Å². The van der Waals surface area contributed by atoms with Gasteiger partial charge in [0.25, 0.3) is 0 Å². The fraction of sp³-hybridized carbons (Fsp3) is 0.611. The minimum absolute atomic E-state index is 0.0245. The van der Waals surface area contributed by atoms with Crippen LogP contribution in [0.1, 0.15) is 44.4 Å². The lowest BCUT2D eigenvalue weighted by atomic mass is 9.84. The van der Waals surface area contributed by atoms with E-state index in [2.05, 4.69) is 44.3 Å². The third-order valence-electron chi connectivity index (χ3n) is 4.48.